The summed E-state index contributed by atoms with van der Waals surface area (Å²) >= 11 is 0. The number of anilines is 1. The number of rotatable bonds is 3. The number of aliphatic imine (C=N–C) groups is 1. The molecule has 2 saturated heterocycles. The molecular weight excluding hydrogens is 501 g/mol. The van der Waals surface area contributed by atoms with E-state index < -0.39 is 5.60 Å². The van der Waals surface area contributed by atoms with Crippen molar-refractivity contribution in [1.82, 2.24) is 9.80 Å². The summed E-state index contributed by atoms with van der Waals surface area (Å²) in [5, 5.41) is 0. The molecule has 30 heavy (non-hydrogen) atoms. The lowest BCUT2D eigenvalue weighted by atomic mass is 10.2. The molecule has 0 aliphatic carbocycles. The first kappa shape index (κ1) is 24.0. The van der Waals surface area contributed by atoms with Gasteiger partial charge in [0, 0.05) is 31.9 Å². The summed E-state index contributed by atoms with van der Waals surface area (Å²) < 4.78 is 10.4. The first-order valence-electron chi connectivity index (χ1n) is 9.79. The maximum atomic E-state index is 12.1. The van der Waals surface area contributed by atoms with Gasteiger partial charge < -0.3 is 25.0 Å². The van der Waals surface area contributed by atoms with E-state index in [2.05, 4.69) is 4.99 Å². The molecule has 2 fully saturated rings. The van der Waals surface area contributed by atoms with Crippen molar-refractivity contribution in [2.75, 3.05) is 44.2 Å². The smallest absolute Gasteiger partial charge is 0.414 e. The van der Waals surface area contributed by atoms with E-state index >= 15 is 0 Å². The fourth-order valence-corrected chi connectivity index (χ4v) is 3.13. The second-order valence-electron chi connectivity index (χ2n) is 8.06. The van der Waals surface area contributed by atoms with E-state index in [-0.39, 0.29) is 36.2 Å². The van der Waals surface area contributed by atoms with E-state index in [1.807, 2.05) is 49.9 Å². The zero-order valence-corrected chi connectivity index (χ0v) is 20.0. The maximum Gasteiger partial charge on any atom is 0.414 e. The molecule has 2 N–H and O–H groups in total. The average Bonchev–Trinajstić information content (AvgIpc) is 3.11. The molecule has 3 rings (SSSR count). The van der Waals surface area contributed by atoms with Crippen LogP contribution in [0, 0.1) is 0 Å². The Balaban J connectivity index is 0.00000320. The Hall–Kier alpha value is -2.24. The Morgan fingerprint density at radius 2 is 1.70 bits per heavy atom. The molecule has 2 aliphatic heterocycles. The van der Waals surface area contributed by atoms with Gasteiger partial charge in [-0.1, -0.05) is 12.1 Å². The Morgan fingerprint density at radius 3 is 2.23 bits per heavy atom. The molecule has 0 radical (unpaired) electrons. The topological polar surface area (TPSA) is 101 Å². The molecule has 2 aliphatic rings. The Kier molecular flexibility index (Phi) is 8.16. The number of hydrogen-bond donors (Lipinski definition) is 1. The third-order valence-corrected chi connectivity index (χ3v) is 4.69. The maximum absolute atomic E-state index is 12.1. The lowest BCUT2D eigenvalue weighted by molar-refractivity contribution is 0.0186. The number of nitrogens with two attached hydrogens (primary N) is 1. The number of benzene rings is 1. The summed E-state index contributed by atoms with van der Waals surface area (Å²) in [7, 11) is 0. The number of guanidine groups is 1. The Morgan fingerprint density at radius 1 is 1.10 bits per heavy atom. The number of nitrogens with zero attached hydrogens (tertiary/aromatic N) is 4. The fourth-order valence-electron chi connectivity index (χ4n) is 3.13. The highest BCUT2D eigenvalue weighted by Gasteiger charge is 2.26. The minimum Gasteiger partial charge on any atom is -0.447 e. The van der Waals surface area contributed by atoms with Gasteiger partial charge in [0.05, 0.1) is 13.1 Å². The SMILES string of the molecule is CC(C)(C)OC(=O)N1CCN(C(N)=NCc2ccc(N3CCOC3=O)cc2)CC1.I. The molecule has 0 atom stereocenters. The monoisotopic (exact) mass is 531 g/mol. The van der Waals surface area contributed by atoms with E-state index in [9.17, 15) is 9.59 Å². The van der Waals surface area contributed by atoms with E-state index in [0.29, 0.717) is 51.8 Å². The quantitative estimate of drug-likeness (QED) is 0.366. The van der Waals surface area contributed by atoms with Crippen molar-refractivity contribution in [2.45, 2.75) is 32.9 Å². The van der Waals surface area contributed by atoms with Gasteiger partial charge >= 0.3 is 12.2 Å². The van der Waals surface area contributed by atoms with Gasteiger partial charge in [-0.2, -0.15) is 0 Å². The molecule has 2 heterocycles. The molecule has 0 spiro atoms. The zero-order valence-electron chi connectivity index (χ0n) is 17.7. The molecule has 1 aromatic carbocycles. The molecule has 0 unspecified atom stereocenters. The van der Waals surface area contributed by atoms with Crippen LogP contribution >= 0.6 is 24.0 Å². The number of hydrogen-bond acceptors (Lipinski definition) is 5. The van der Waals surface area contributed by atoms with E-state index in [1.54, 1.807) is 9.80 Å². The normalized spacial score (nSPS) is 17.5. The number of cyclic esters (lactones) is 1. The highest BCUT2D eigenvalue weighted by molar-refractivity contribution is 14.0. The number of ether oxygens (including phenoxy) is 2. The van der Waals surface area contributed by atoms with Crippen molar-refractivity contribution in [3.05, 3.63) is 29.8 Å². The van der Waals surface area contributed by atoms with E-state index in [0.717, 1.165) is 11.3 Å². The first-order chi connectivity index (χ1) is 13.7. The van der Waals surface area contributed by atoms with Gasteiger partial charge in [0.25, 0.3) is 0 Å². The van der Waals surface area contributed by atoms with Gasteiger partial charge in [0.1, 0.15) is 12.2 Å². The predicted molar refractivity (Wildman–Crippen MR) is 125 cm³/mol. The zero-order chi connectivity index (χ0) is 21.0. The minimum atomic E-state index is -0.501. The van der Waals surface area contributed by atoms with Crippen molar-refractivity contribution >= 4 is 47.8 Å². The van der Waals surface area contributed by atoms with Crippen LogP contribution in [0.5, 0.6) is 0 Å². The summed E-state index contributed by atoms with van der Waals surface area (Å²) in [6, 6.07) is 7.62. The molecule has 1 aromatic rings. The van der Waals surface area contributed by atoms with Crippen LogP contribution in [0.25, 0.3) is 0 Å². The molecule has 9 nitrogen and oxygen atoms in total. The Labute approximate surface area is 194 Å². The summed E-state index contributed by atoms with van der Waals surface area (Å²) in [5.41, 5.74) is 7.45. The van der Waals surface area contributed by atoms with Crippen LogP contribution in [-0.2, 0) is 16.0 Å². The second kappa shape index (κ2) is 10.2. The first-order valence-corrected chi connectivity index (χ1v) is 9.79. The second-order valence-corrected chi connectivity index (χ2v) is 8.06. The lowest BCUT2D eigenvalue weighted by Crippen LogP contribution is -2.53. The van der Waals surface area contributed by atoms with Crippen LogP contribution in [0.1, 0.15) is 26.3 Å². The van der Waals surface area contributed by atoms with Gasteiger partial charge in [-0.25, -0.2) is 14.6 Å². The van der Waals surface area contributed by atoms with Crippen LogP contribution in [0.3, 0.4) is 0 Å². The summed E-state index contributed by atoms with van der Waals surface area (Å²) in [5.74, 6) is 0.459. The van der Waals surface area contributed by atoms with Crippen LogP contribution in [0.4, 0.5) is 15.3 Å². The van der Waals surface area contributed by atoms with Gasteiger partial charge in [-0.15, -0.1) is 24.0 Å². The number of amides is 2. The van der Waals surface area contributed by atoms with Crippen LogP contribution in [-0.4, -0.2) is 72.9 Å². The molecule has 10 heteroatoms. The van der Waals surface area contributed by atoms with Crippen LogP contribution in [0.2, 0.25) is 0 Å². The number of carbonyl (C=O) groups is 2. The Bertz CT molecular complexity index is 770. The van der Waals surface area contributed by atoms with Crippen molar-refractivity contribution in [2.24, 2.45) is 10.7 Å². The van der Waals surface area contributed by atoms with Crippen molar-refractivity contribution in [3.63, 3.8) is 0 Å². The summed E-state index contributed by atoms with van der Waals surface area (Å²) in [6.07, 6.45) is -0.611. The molecule has 2 amide bonds. The van der Waals surface area contributed by atoms with Crippen molar-refractivity contribution < 1.29 is 19.1 Å². The molecule has 0 bridgehead atoms. The number of carbonyl (C=O) groups excluding carboxylic acids is 2. The third kappa shape index (κ3) is 6.38. The van der Waals surface area contributed by atoms with Crippen molar-refractivity contribution in [1.29, 1.82) is 0 Å². The predicted octanol–water partition coefficient (Wildman–Crippen LogP) is 2.63. The highest BCUT2D eigenvalue weighted by atomic mass is 127. The van der Waals surface area contributed by atoms with E-state index in [1.165, 1.54) is 0 Å². The summed E-state index contributed by atoms with van der Waals surface area (Å²) in [6.45, 7) is 9.33. The van der Waals surface area contributed by atoms with Gasteiger partial charge in [-0.05, 0) is 38.5 Å². The minimum absolute atomic E-state index is 0. The van der Waals surface area contributed by atoms with Gasteiger partial charge in [0.15, 0.2) is 5.96 Å². The largest absolute Gasteiger partial charge is 0.447 e. The summed E-state index contributed by atoms with van der Waals surface area (Å²) in [4.78, 5) is 33.5. The standard InChI is InChI=1S/C20H29N5O4.HI/c1-20(2,3)29-18(26)24-10-8-23(9-11-24)17(21)22-14-15-4-6-16(7-5-15)25-12-13-28-19(25)27;/h4-7H,8-14H2,1-3H3,(H2,21,22);1H. The van der Waals surface area contributed by atoms with Gasteiger partial charge in [0.2, 0.25) is 0 Å². The van der Waals surface area contributed by atoms with Gasteiger partial charge in [-0.3, -0.25) is 4.90 Å². The number of piperazine rings is 1. The molecular formula is C20H30IN5O4. The average molecular weight is 531 g/mol. The lowest BCUT2D eigenvalue weighted by Gasteiger charge is -2.36. The third-order valence-electron chi connectivity index (χ3n) is 4.69. The van der Waals surface area contributed by atoms with Crippen LogP contribution in [0.15, 0.2) is 29.3 Å². The fraction of sp³-hybridized carbons (Fsp3) is 0.550. The van der Waals surface area contributed by atoms with E-state index in [4.69, 9.17) is 15.2 Å². The molecule has 0 saturated carbocycles. The number of halogens is 1. The molecule has 166 valence electrons. The van der Waals surface area contributed by atoms with Crippen LogP contribution < -0.4 is 10.6 Å². The highest BCUT2D eigenvalue weighted by Crippen LogP contribution is 2.19. The van der Waals surface area contributed by atoms with Crippen molar-refractivity contribution in [3.8, 4) is 0 Å². The molecule has 0 aromatic heterocycles.